The van der Waals surface area contributed by atoms with E-state index in [1.54, 1.807) is 18.7 Å². The van der Waals surface area contributed by atoms with E-state index in [0.29, 0.717) is 5.82 Å². The van der Waals surface area contributed by atoms with Crippen LogP contribution in [0.25, 0.3) is 49.9 Å². The van der Waals surface area contributed by atoms with E-state index in [-0.39, 0.29) is 0 Å². The molecule has 5 heteroatoms. The van der Waals surface area contributed by atoms with E-state index in [9.17, 15) is 0 Å². The number of aromatic nitrogens is 4. The van der Waals surface area contributed by atoms with Crippen LogP contribution in [0.15, 0.2) is 90.1 Å². The molecule has 0 spiro atoms. The topological polar surface area (TPSA) is 56.7 Å². The fraction of sp³-hybridized carbons (Fsp3) is 0. The highest BCUT2D eigenvalue weighted by Gasteiger charge is 2.16. The van der Waals surface area contributed by atoms with Gasteiger partial charge in [0.05, 0.1) is 35.4 Å². The summed E-state index contributed by atoms with van der Waals surface area (Å²) in [6, 6.07) is 18.3. The van der Waals surface area contributed by atoms with Gasteiger partial charge in [-0.2, -0.15) is 0 Å². The lowest BCUT2D eigenvalue weighted by Gasteiger charge is -2.08. The number of pyridine rings is 1. The van der Waals surface area contributed by atoms with Crippen LogP contribution in [0.2, 0.25) is 0 Å². The quantitative estimate of drug-likeness (QED) is 0.415. The molecular weight excluding hydrogens is 348 g/mol. The number of hydrogen-bond donors (Lipinski definition) is 0. The van der Waals surface area contributed by atoms with Gasteiger partial charge in [0.15, 0.2) is 5.82 Å². The predicted octanol–water partition coefficient (Wildman–Crippen LogP) is 5.38. The summed E-state index contributed by atoms with van der Waals surface area (Å²) in [5, 5.41) is 3.48. The normalized spacial score (nSPS) is 11.6. The van der Waals surface area contributed by atoms with Crippen molar-refractivity contribution in [2.24, 2.45) is 0 Å². The molecule has 0 saturated carbocycles. The summed E-state index contributed by atoms with van der Waals surface area (Å²) in [5.41, 5.74) is 4.98. The Balaban J connectivity index is 1.63. The molecule has 0 bridgehead atoms. The van der Waals surface area contributed by atoms with E-state index in [0.717, 1.165) is 33.3 Å². The lowest BCUT2D eigenvalue weighted by Crippen LogP contribution is -1.97. The van der Waals surface area contributed by atoms with Gasteiger partial charge in [0.25, 0.3) is 0 Å². The number of furan rings is 1. The van der Waals surface area contributed by atoms with Crippen molar-refractivity contribution in [2.45, 2.75) is 0 Å². The highest BCUT2D eigenvalue weighted by Crippen LogP contribution is 2.36. The first kappa shape index (κ1) is 15.1. The van der Waals surface area contributed by atoms with Crippen molar-refractivity contribution < 1.29 is 4.42 Å². The van der Waals surface area contributed by atoms with Crippen LogP contribution in [-0.4, -0.2) is 19.5 Å². The molecule has 4 aromatic heterocycles. The molecule has 0 aliphatic rings. The summed E-state index contributed by atoms with van der Waals surface area (Å²) in [5.74, 6) is 0.684. The minimum atomic E-state index is 0.684. The van der Waals surface area contributed by atoms with Crippen molar-refractivity contribution in [1.82, 2.24) is 19.5 Å². The molecule has 0 radical (unpaired) electrons. The summed E-state index contributed by atoms with van der Waals surface area (Å²) in [6.07, 6.45) is 8.97. The maximum atomic E-state index is 5.62. The molecule has 132 valence electrons. The third kappa shape index (κ3) is 2.10. The zero-order chi connectivity index (χ0) is 18.5. The smallest absolute Gasteiger partial charge is 0.159 e. The first-order valence-electron chi connectivity index (χ1n) is 9.02. The summed E-state index contributed by atoms with van der Waals surface area (Å²) in [6.45, 7) is 0. The molecule has 0 aliphatic carbocycles. The Morgan fingerprint density at radius 3 is 2.43 bits per heavy atom. The van der Waals surface area contributed by atoms with Gasteiger partial charge >= 0.3 is 0 Å². The second-order valence-corrected chi connectivity index (χ2v) is 6.65. The van der Waals surface area contributed by atoms with E-state index in [1.165, 1.54) is 10.8 Å². The van der Waals surface area contributed by atoms with Crippen LogP contribution in [0, 0.1) is 0 Å². The SMILES string of the molecule is c1ccc2c(c1)c1c3ccoc3ccc1n2-c1cnc(-c2ccncc2)nc1. The Morgan fingerprint density at radius 2 is 1.57 bits per heavy atom. The standard InChI is InChI=1S/C23H14N4O/c1-2-4-19-17(3-1)22-18-9-12-28-21(18)6-5-20(22)27(19)16-13-25-23(26-14-16)15-7-10-24-11-8-15/h1-14H. The van der Waals surface area contributed by atoms with Crippen LogP contribution >= 0.6 is 0 Å². The number of hydrogen-bond acceptors (Lipinski definition) is 4. The molecule has 28 heavy (non-hydrogen) atoms. The molecule has 6 aromatic rings. The average molecular weight is 362 g/mol. The molecular formula is C23H14N4O. The van der Waals surface area contributed by atoms with Gasteiger partial charge in [-0.25, -0.2) is 9.97 Å². The van der Waals surface area contributed by atoms with E-state index < -0.39 is 0 Å². The zero-order valence-electron chi connectivity index (χ0n) is 14.8. The maximum absolute atomic E-state index is 5.62. The predicted molar refractivity (Wildman–Crippen MR) is 109 cm³/mol. The second kappa shape index (κ2) is 5.76. The minimum absolute atomic E-state index is 0.684. The fourth-order valence-electron chi connectivity index (χ4n) is 3.88. The molecule has 4 heterocycles. The van der Waals surface area contributed by atoms with Crippen LogP contribution in [0.5, 0.6) is 0 Å². The van der Waals surface area contributed by atoms with Gasteiger partial charge in [0.2, 0.25) is 0 Å². The van der Waals surface area contributed by atoms with Crippen LogP contribution in [0.1, 0.15) is 0 Å². The molecule has 0 atom stereocenters. The highest BCUT2D eigenvalue weighted by atomic mass is 16.3. The monoisotopic (exact) mass is 362 g/mol. The number of rotatable bonds is 2. The Kier molecular flexibility index (Phi) is 3.10. The van der Waals surface area contributed by atoms with E-state index >= 15 is 0 Å². The molecule has 0 amide bonds. The Hall–Kier alpha value is -3.99. The molecule has 0 N–H and O–H groups in total. The molecule has 0 unspecified atom stereocenters. The van der Waals surface area contributed by atoms with Gasteiger partial charge in [-0.3, -0.25) is 4.98 Å². The number of benzene rings is 2. The van der Waals surface area contributed by atoms with Crippen LogP contribution in [0.4, 0.5) is 0 Å². The minimum Gasteiger partial charge on any atom is -0.464 e. The van der Waals surface area contributed by atoms with E-state index in [1.807, 2.05) is 36.7 Å². The van der Waals surface area contributed by atoms with E-state index in [2.05, 4.69) is 49.9 Å². The number of para-hydroxylation sites is 1. The third-order valence-corrected chi connectivity index (χ3v) is 5.10. The van der Waals surface area contributed by atoms with Gasteiger partial charge in [0.1, 0.15) is 5.58 Å². The average Bonchev–Trinajstić information content (AvgIpc) is 3.36. The van der Waals surface area contributed by atoms with Crippen molar-refractivity contribution in [1.29, 1.82) is 0 Å². The van der Waals surface area contributed by atoms with Crippen LogP contribution in [0.3, 0.4) is 0 Å². The largest absolute Gasteiger partial charge is 0.464 e. The van der Waals surface area contributed by atoms with Gasteiger partial charge in [-0.15, -0.1) is 0 Å². The molecule has 0 aliphatic heterocycles. The number of nitrogens with zero attached hydrogens (tertiary/aromatic N) is 4. The van der Waals surface area contributed by atoms with Crippen molar-refractivity contribution in [2.75, 3.05) is 0 Å². The highest BCUT2D eigenvalue weighted by molar-refractivity contribution is 6.20. The Bertz CT molecular complexity index is 1450. The Labute approximate surface area is 159 Å². The van der Waals surface area contributed by atoms with E-state index in [4.69, 9.17) is 4.42 Å². The van der Waals surface area contributed by atoms with Gasteiger partial charge in [-0.1, -0.05) is 18.2 Å². The third-order valence-electron chi connectivity index (χ3n) is 5.10. The van der Waals surface area contributed by atoms with Gasteiger partial charge in [0, 0.05) is 34.1 Å². The van der Waals surface area contributed by atoms with Crippen LogP contribution < -0.4 is 0 Å². The van der Waals surface area contributed by atoms with Gasteiger partial charge in [-0.05, 0) is 36.4 Å². The van der Waals surface area contributed by atoms with Crippen molar-refractivity contribution in [3.05, 3.63) is 85.6 Å². The number of fused-ring (bicyclic) bond motifs is 5. The first-order valence-corrected chi connectivity index (χ1v) is 9.02. The fourth-order valence-corrected chi connectivity index (χ4v) is 3.88. The summed E-state index contributed by atoms with van der Waals surface area (Å²) >= 11 is 0. The molecule has 5 nitrogen and oxygen atoms in total. The van der Waals surface area contributed by atoms with Gasteiger partial charge < -0.3 is 8.98 Å². The lowest BCUT2D eigenvalue weighted by molar-refractivity contribution is 0.616. The summed E-state index contributed by atoms with van der Waals surface area (Å²) in [7, 11) is 0. The molecule has 6 rings (SSSR count). The Morgan fingerprint density at radius 1 is 0.750 bits per heavy atom. The second-order valence-electron chi connectivity index (χ2n) is 6.65. The lowest BCUT2D eigenvalue weighted by atomic mass is 10.1. The van der Waals surface area contributed by atoms with Crippen LogP contribution in [-0.2, 0) is 0 Å². The maximum Gasteiger partial charge on any atom is 0.159 e. The summed E-state index contributed by atoms with van der Waals surface area (Å²) < 4.78 is 7.82. The first-order chi connectivity index (χ1) is 13.9. The van der Waals surface area contributed by atoms with Crippen molar-refractivity contribution in [3.63, 3.8) is 0 Å². The molecule has 0 saturated heterocycles. The van der Waals surface area contributed by atoms with Crippen molar-refractivity contribution >= 4 is 32.8 Å². The molecule has 2 aromatic carbocycles. The van der Waals surface area contributed by atoms with Crippen molar-refractivity contribution in [3.8, 4) is 17.1 Å². The zero-order valence-corrected chi connectivity index (χ0v) is 14.8. The summed E-state index contributed by atoms with van der Waals surface area (Å²) in [4.78, 5) is 13.2. The molecule has 0 fully saturated rings.